The van der Waals surface area contributed by atoms with Crippen LogP contribution in [0.25, 0.3) is 0 Å². The fourth-order valence-corrected chi connectivity index (χ4v) is 0.621. The van der Waals surface area contributed by atoms with Crippen LogP contribution >= 0.6 is 0 Å². The summed E-state index contributed by atoms with van der Waals surface area (Å²) in [5, 5.41) is 11.7. The molecule has 4 nitrogen and oxygen atoms in total. The second kappa shape index (κ2) is 6.91. The van der Waals surface area contributed by atoms with Crippen LogP contribution in [-0.2, 0) is 0 Å². The predicted molar refractivity (Wildman–Crippen MR) is 51.0 cm³/mol. The van der Waals surface area contributed by atoms with Gasteiger partial charge >= 0.3 is 0 Å². The molecule has 0 bridgehead atoms. The Morgan fingerprint density at radius 2 is 2.33 bits per heavy atom. The van der Waals surface area contributed by atoms with Crippen molar-refractivity contribution in [3.63, 3.8) is 0 Å². The lowest BCUT2D eigenvalue weighted by atomic mass is 10.2. The number of aliphatic hydroxyl groups excluding tert-OH is 1. The zero-order valence-corrected chi connectivity index (χ0v) is 7.88. The number of aliphatic imine (C=N–C) groups is 1. The zero-order chi connectivity index (χ0) is 9.40. The van der Waals surface area contributed by atoms with Gasteiger partial charge in [0.05, 0.1) is 0 Å². The van der Waals surface area contributed by atoms with E-state index in [2.05, 4.69) is 17.2 Å². The summed E-state index contributed by atoms with van der Waals surface area (Å²) < 4.78 is 0. The topological polar surface area (TPSA) is 70.6 Å². The average molecular weight is 173 g/mol. The second-order valence-corrected chi connectivity index (χ2v) is 2.94. The highest BCUT2D eigenvalue weighted by molar-refractivity contribution is 5.77. The number of hydrogen-bond donors (Lipinski definition) is 3. The summed E-state index contributed by atoms with van der Waals surface area (Å²) in [6, 6.07) is 0. The normalized spacial score (nSPS) is 14.4. The van der Waals surface area contributed by atoms with Gasteiger partial charge in [-0.3, -0.25) is 4.99 Å². The Bertz CT molecular complexity index is 136. The van der Waals surface area contributed by atoms with Gasteiger partial charge in [-0.1, -0.05) is 13.8 Å². The highest BCUT2D eigenvalue weighted by Gasteiger charge is 1.97. The van der Waals surface area contributed by atoms with Crippen molar-refractivity contribution in [1.29, 1.82) is 0 Å². The standard InChI is InChI=1S/C8H19N3O/c1-3-4-10-8(9)11-5-7(2)6-12/h7,12H,3-6H2,1-2H3,(H3,9,10,11). The van der Waals surface area contributed by atoms with Gasteiger partial charge in [-0.2, -0.15) is 0 Å². The van der Waals surface area contributed by atoms with Gasteiger partial charge in [0.1, 0.15) is 0 Å². The fraction of sp³-hybridized carbons (Fsp3) is 0.875. The molecule has 0 amide bonds. The number of nitrogens with two attached hydrogens (primary N) is 1. The maximum absolute atomic E-state index is 8.69. The lowest BCUT2D eigenvalue weighted by molar-refractivity contribution is 0.241. The monoisotopic (exact) mass is 173 g/mol. The highest BCUT2D eigenvalue weighted by Crippen LogP contribution is 1.91. The van der Waals surface area contributed by atoms with E-state index in [1.54, 1.807) is 0 Å². The highest BCUT2D eigenvalue weighted by atomic mass is 16.3. The SMILES string of the molecule is CCCNC(N)=NCC(C)CO. The summed E-state index contributed by atoms with van der Waals surface area (Å²) in [6.07, 6.45) is 1.03. The Hall–Kier alpha value is -0.770. The molecule has 0 fully saturated rings. The van der Waals surface area contributed by atoms with Gasteiger partial charge < -0.3 is 16.2 Å². The number of aliphatic hydroxyl groups is 1. The molecule has 0 rings (SSSR count). The van der Waals surface area contributed by atoms with Crippen LogP contribution in [0.2, 0.25) is 0 Å². The van der Waals surface area contributed by atoms with Crippen LogP contribution in [0.3, 0.4) is 0 Å². The molecule has 0 aromatic carbocycles. The minimum atomic E-state index is 0.157. The van der Waals surface area contributed by atoms with E-state index in [-0.39, 0.29) is 12.5 Å². The molecule has 12 heavy (non-hydrogen) atoms. The number of guanidine groups is 1. The van der Waals surface area contributed by atoms with Crippen LogP contribution < -0.4 is 11.1 Å². The van der Waals surface area contributed by atoms with E-state index in [0.717, 1.165) is 13.0 Å². The second-order valence-electron chi connectivity index (χ2n) is 2.94. The molecule has 0 saturated heterocycles. The van der Waals surface area contributed by atoms with Crippen molar-refractivity contribution >= 4 is 5.96 Å². The molecule has 1 unspecified atom stereocenters. The van der Waals surface area contributed by atoms with E-state index in [1.807, 2.05) is 6.92 Å². The smallest absolute Gasteiger partial charge is 0.188 e. The third-order valence-corrected chi connectivity index (χ3v) is 1.44. The van der Waals surface area contributed by atoms with Gasteiger partial charge in [-0.15, -0.1) is 0 Å². The molecule has 4 heteroatoms. The summed E-state index contributed by atoms with van der Waals surface area (Å²) in [4.78, 5) is 4.06. The van der Waals surface area contributed by atoms with Gasteiger partial charge in [0.2, 0.25) is 0 Å². The van der Waals surface area contributed by atoms with Crippen LogP contribution in [0, 0.1) is 5.92 Å². The van der Waals surface area contributed by atoms with Gasteiger partial charge in [-0.25, -0.2) is 0 Å². The van der Waals surface area contributed by atoms with E-state index in [0.29, 0.717) is 12.5 Å². The third kappa shape index (κ3) is 5.97. The lowest BCUT2D eigenvalue weighted by Gasteiger charge is -2.05. The van der Waals surface area contributed by atoms with Crippen LogP contribution in [-0.4, -0.2) is 30.8 Å². The van der Waals surface area contributed by atoms with E-state index in [1.165, 1.54) is 0 Å². The number of hydrogen-bond acceptors (Lipinski definition) is 2. The molecule has 0 aliphatic rings. The van der Waals surface area contributed by atoms with E-state index >= 15 is 0 Å². The molecule has 0 aromatic rings. The molecular formula is C8H19N3O. The summed E-state index contributed by atoms with van der Waals surface area (Å²) in [5.41, 5.74) is 5.52. The van der Waals surface area contributed by atoms with Gasteiger partial charge in [0.15, 0.2) is 5.96 Å². The molecule has 0 aliphatic carbocycles. The minimum Gasteiger partial charge on any atom is -0.396 e. The maximum atomic E-state index is 8.69. The van der Waals surface area contributed by atoms with Crippen molar-refractivity contribution in [3.05, 3.63) is 0 Å². The van der Waals surface area contributed by atoms with Gasteiger partial charge in [0, 0.05) is 19.7 Å². The van der Waals surface area contributed by atoms with Crippen LogP contribution in [0.5, 0.6) is 0 Å². The van der Waals surface area contributed by atoms with E-state index < -0.39 is 0 Å². The van der Waals surface area contributed by atoms with Gasteiger partial charge in [0.25, 0.3) is 0 Å². The van der Waals surface area contributed by atoms with Crippen molar-refractivity contribution in [2.24, 2.45) is 16.6 Å². The Morgan fingerprint density at radius 1 is 1.67 bits per heavy atom. The zero-order valence-electron chi connectivity index (χ0n) is 7.88. The first-order chi connectivity index (χ1) is 5.70. The molecule has 0 aromatic heterocycles. The average Bonchev–Trinajstić information content (AvgIpc) is 2.10. The van der Waals surface area contributed by atoms with E-state index in [9.17, 15) is 0 Å². The molecule has 0 spiro atoms. The first-order valence-corrected chi connectivity index (χ1v) is 4.35. The number of nitrogens with zero attached hydrogens (tertiary/aromatic N) is 1. The predicted octanol–water partition coefficient (Wildman–Crippen LogP) is -0.0709. The van der Waals surface area contributed by atoms with Crippen molar-refractivity contribution < 1.29 is 5.11 Å². The van der Waals surface area contributed by atoms with Crippen LogP contribution in [0.1, 0.15) is 20.3 Å². The molecule has 1 atom stereocenters. The van der Waals surface area contributed by atoms with Gasteiger partial charge in [-0.05, 0) is 12.3 Å². The summed E-state index contributed by atoms with van der Waals surface area (Å²) in [7, 11) is 0. The molecular weight excluding hydrogens is 154 g/mol. The summed E-state index contributed by atoms with van der Waals surface area (Å²) >= 11 is 0. The first-order valence-electron chi connectivity index (χ1n) is 4.35. The largest absolute Gasteiger partial charge is 0.396 e. The molecule has 0 heterocycles. The molecule has 0 radical (unpaired) electrons. The third-order valence-electron chi connectivity index (χ3n) is 1.44. The molecule has 4 N–H and O–H groups in total. The maximum Gasteiger partial charge on any atom is 0.188 e. The molecule has 0 aliphatic heterocycles. The Labute approximate surface area is 73.9 Å². The molecule has 0 saturated carbocycles. The Kier molecular flexibility index (Phi) is 6.47. The van der Waals surface area contributed by atoms with E-state index in [4.69, 9.17) is 10.8 Å². The van der Waals surface area contributed by atoms with Crippen LogP contribution in [0.4, 0.5) is 0 Å². The summed E-state index contributed by atoms with van der Waals surface area (Å²) in [6.45, 7) is 5.58. The number of nitrogens with one attached hydrogen (secondary N) is 1. The minimum absolute atomic E-state index is 0.157. The molecule has 72 valence electrons. The van der Waals surface area contributed by atoms with Crippen molar-refractivity contribution in [3.8, 4) is 0 Å². The van der Waals surface area contributed by atoms with Crippen LogP contribution in [0.15, 0.2) is 4.99 Å². The first kappa shape index (κ1) is 11.2. The fourth-order valence-electron chi connectivity index (χ4n) is 0.621. The van der Waals surface area contributed by atoms with Crippen molar-refractivity contribution in [2.45, 2.75) is 20.3 Å². The quantitative estimate of drug-likeness (QED) is 0.402. The van der Waals surface area contributed by atoms with Crippen molar-refractivity contribution in [1.82, 2.24) is 5.32 Å². The number of rotatable bonds is 5. The summed E-state index contributed by atoms with van der Waals surface area (Å²) in [5.74, 6) is 0.657. The Morgan fingerprint density at radius 3 is 2.83 bits per heavy atom. The van der Waals surface area contributed by atoms with Crippen molar-refractivity contribution in [2.75, 3.05) is 19.7 Å². The Balaban J connectivity index is 3.53. The lowest BCUT2D eigenvalue weighted by Crippen LogP contribution is -2.32.